The summed E-state index contributed by atoms with van der Waals surface area (Å²) in [5.74, 6) is 2.35. The zero-order valence-corrected chi connectivity index (χ0v) is 18.0. The molecular formula is C19H38N10. The van der Waals surface area contributed by atoms with Crippen LogP contribution in [0.25, 0.3) is 0 Å². The van der Waals surface area contributed by atoms with Crippen LogP contribution >= 0.6 is 0 Å². The van der Waals surface area contributed by atoms with Gasteiger partial charge in [0.1, 0.15) is 0 Å². The summed E-state index contributed by atoms with van der Waals surface area (Å²) in [6.07, 6.45) is 2.64. The van der Waals surface area contributed by atoms with E-state index in [1.165, 1.54) is 0 Å². The van der Waals surface area contributed by atoms with Gasteiger partial charge in [-0.05, 0) is 32.1 Å². The molecule has 5 unspecified atom stereocenters. The Morgan fingerprint density at radius 2 is 1.21 bits per heavy atom. The summed E-state index contributed by atoms with van der Waals surface area (Å²) in [5, 5.41) is 3.44. The van der Waals surface area contributed by atoms with Crippen LogP contribution in [-0.4, -0.2) is 71.3 Å². The molecule has 2 aliphatic rings. The first-order chi connectivity index (χ1) is 13.7. The Morgan fingerprint density at radius 3 is 1.59 bits per heavy atom. The quantitative estimate of drug-likeness (QED) is 0.414. The Kier molecular flexibility index (Phi) is 7.10. The second-order valence-corrected chi connectivity index (χ2v) is 9.26. The summed E-state index contributed by atoms with van der Waals surface area (Å²) < 4.78 is 0. The summed E-state index contributed by atoms with van der Waals surface area (Å²) in [7, 11) is 0. The molecule has 0 spiro atoms. The fourth-order valence-electron chi connectivity index (χ4n) is 4.37. The molecule has 10 nitrogen and oxygen atoms in total. The summed E-state index contributed by atoms with van der Waals surface area (Å²) in [4.78, 5) is 18.3. The van der Waals surface area contributed by atoms with Crippen molar-refractivity contribution in [1.82, 2.24) is 15.0 Å². The van der Waals surface area contributed by atoms with E-state index in [1.807, 2.05) is 0 Å². The molecule has 1 aromatic rings. The van der Waals surface area contributed by atoms with E-state index in [2.05, 4.69) is 35.9 Å². The molecule has 0 saturated carbocycles. The number of piperidine rings is 2. The zero-order valence-electron chi connectivity index (χ0n) is 18.0. The molecule has 0 aliphatic carbocycles. The van der Waals surface area contributed by atoms with Crippen molar-refractivity contribution in [3.8, 4) is 0 Å². The minimum atomic E-state index is 0.00655. The molecule has 10 heteroatoms. The van der Waals surface area contributed by atoms with Crippen LogP contribution in [0, 0.1) is 5.92 Å². The van der Waals surface area contributed by atoms with Gasteiger partial charge in [-0.15, -0.1) is 0 Å². The molecular weight excluding hydrogens is 368 g/mol. The van der Waals surface area contributed by atoms with E-state index in [0.717, 1.165) is 19.3 Å². The Bertz CT molecular complexity index is 604. The normalized spacial score (nSPS) is 29.2. The average molecular weight is 407 g/mol. The molecule has 2 fully saturated rings. The van der Waals surface area contributed by atoms with Gasteiger partial charge in [-0.1, -0.05) is 13.8 Å². The number of anilines is 3. The maximum Gasteiger partial charge on any atom is 0.232 e. The van der Waals surface area contributed by atoms with Gasteiger partial charge in [-0.25, -0.2) is 0 Å². The molecule has 2 saturated heterocycles. The minimum absolute atomic E-state index is 0.00655. The van der Waals surface area contributed by atoms with Gasteiger partial charge < -0.3 is 38.1 Å². The van der Waals surface area contributed by atoms with Crippen LogP contribution < -0.4 is 38.1 Å². The molecule has 9 N–H and O–H groups in total. The first-order valence-electron chi connectivity index (χ1n) is 10.7. The van der Waals surface area contributed by atoms with Gasteiger partial charge in [0, 0.05) is 56.4 Å². The lowest BCUT2D eigenvalue weighted by molar-refractivity contribution is 0.441. The smallest absolute Gasteiger partial charge is 0.232 e. The van der Waals surface area contributed by atoms with Gasteiger partial charge in [0.2, 0.25) is 17.8 Å². The van der Waals surface area contributed by atoms with Crippen molar-refractivity contribution in [2.75, 3.05) is 41.3 Å². The van der Waals surface area contributed by atoms with E-state index < -0.39 is 0 Å². The van der Waals surface area contributed by atoms with Crippen LogP contribution in [0.3, 0.4) is 0 Å². The van der Waals surface area contributed by atoms with Crippen molar-refractivity contribution in [2.45, 2.75) is 70.2 Å². The Morgan fingerprint density at radius 1 is 0.793 bits per heavy atom. The fraction of sp³-hybridized carbons (Fsp3) is 0.842. The van der Waals surface area contributed by atoms with Crippen molar-refractivity contribution in [1.29, 1.82) is 0 Å². The van der Waals surface area contributed by atoms with E-state index in [0.29, 0.717) is 49.9 Å². The lowest BCUT2D eigenvalue weighted by atomic mass is 10.0. The molecule has 29 heavy (non-hydrogen) atoms. The molecule has 5 atom stereocenters. The third kappa shape index (κ3) is 6.11. The standard InChI is InChI=1S/C19H38N10/c1-11(2)4-12(3)24-17-25-18(28-7-13(20)5-14(21)8-28)27-19(26-17)29-9-15(22)6-16(23)10-29/h11-16H,4-10,20-23H2,1-3H3,(H,24,25,26,27). The van der Waals surface area contributed by atoms with Gasteiger partial charge in [-0.3, -0.25) is 0 Å². The molecule has 0 radical (unpaired) electrons. The second-order valence-electron chi connectivity index (χ2n) is 9.26. The number of nitrogens with one attached hydrogen (secondary N) is 1. The molecule has 0 aromatic carbocycles. The highest BCUT2D eigenvalue weighted by atomic mass is 15.4. The number of hydrogen-bond donors (Lipinski definition) is 5. The average Bonchev–Trinajstić information content (AvgIpc) is 2.59. The summed E-state index contributed by atoms with van der Waals surface area (Å²) in [6, 6.07) is 0.271. The summed E-state index contributed by atoms with van der Waals surface area (Å²) in [6.45, 7) is 9.26. The first kappa shape index (κ1) is 21.9. The van der Waals surface area contributed by atoms with Crippen LogP contribution in [0.15, 0.2) is 0 Å². The van der Waals surface area contributed by atoms with E-state index >= 15 is 0 Å². The molecule has 3 rings (SSSR count). The number of rotatable bonds is 6. The summed E-state index contributed by atoms with van der Waals surface area (Å²) >= 11 is 0. The second kappa shape index (κ2) is 9.38. The minimum Gasteiger partial charge on any atom is -0.352 e. The molecule has 164 valence electrons. The largest absolute Gasteiger partial charge is 0.352 e. The maximum atomic E-state index is 6.19. The van der Waals surface area contributed by atoms with E-state index in [9.17, 15) is 0 Å². The summed E-state index contributed by atoms with van der Waals surface area (Å²) in [5.41, 5.74) is 24.8. The zero-order chi connectivity index (χ0) is 21.1. The number of nitrogens with zero attached hydrogens (tertiary/aromatic N) is 5. The highest BCUT2D eigenvalue weighted by molar-refractivity contribution is 5.47. The number of hydrogen-bond acceptors (Lipinski definition) is 10. The van der Waals surface area contributed by atoms with Crippen molar-refractivity contribution < 1.29 is 0 Å². The Labute approximate surface area is 173 Å². The maximum absolute atomic E-state index is 6.19. The van der Waals surface area contributed by atoms with Gasteiger partial charge >= 0.3 is 0 Å². The predicted octanol–water partition coefficient (Wildman–Crippen LogP) is -0.552. The lowest BCUT2D eigenvalue weighted by Gasteiger charge is -2.37. The van der Waals surface area contributed by atoms with Crippen LogP contribution in [0.4, 0.5) is 17.8 Å². The third-order valence-corrected chi connectivity index (χ3v) is 5.41. The topological polar surface area (TPSA) is 161 Å². The Hall–Kier alpha value is -1.75. The van der Waals surface area contributed by atoms with Gasteiger partial charge in [-0.2, -0.15) is 15.0 Å². The van der Waals surface area contributed by atoms with Gasteiger partial charge in [0.25, 0.3) is 0 Å². The Balaban J connectivity index is 1.89. The molecule has 0 bridgehead atoms. The molecule has 0 amide bonds. The van der Waals surface area contributed by atoms with Crippen LogP contribution in [-0.2, 0) is 0 Å². The van der Waals surface area contributed by atoms with Crippen molar-refractivity contribution in [3.63, 3.8) is 0 Å². The highest BCUT2D eigenvalue weighted by Gasteiger charge is 2.28. The SMILES string of the molecule is CC(C)CC(C)Nc1nc(N2CC(N)CC(N)C2)nc(N2CC(N)CC(N)C2)n1. The van der Waals surface area contributed by atoms with Gasteiger partial charge in [0.15, 0.2) is 0 Å². The van der Waals surface area contributed by atoms with Crippen molar-refractivity contribution in [3.05, 3.63) is 0 Å². The van der Waals surface area contributed by atoms with E-state index in [4.69, 9.17) is 37.9 Å². The van der Waals surface area contributed by atoms with Crippen molar-refractivity contribution in [2.24, 2.45) is 28.9 Å². The number of nitrogens with two attached hydrogens (primary N) is 4. The molecule has 2 aliphatic heterocycles. The van der Waals surface area contributed by atoms with Crippen LogP contribution in [0.5, 0.6) is 0 Å². The predicted molar refractivity (Wildman–Crippen MR) is 118 cm³/mol. The van der Waals surface area contributed by atoms with Crippen LogP contribution in [0.2, 0.25) is 0 Å². The molecule has 1 aromatic heterocycles. The monoisotopic (exact) mass is 406 g/mol. The first-order valence-corrected chi connectivity index (χ1v) is 10.7. The van der Waals surface area contributed by atoms with E-state index in [-0.39, 0.29) is 30.2 Å². The van der Waals surface area contributed by atoms with Crippen LogP contribution in [0.1, 0.15) is 40.0 Å². The lowest BCUT2D eigenvalue weighted by Crippen LogP contribution is -2.54. The van der Waals surface area contributed by atoms with Gasteiger partial charge in [0.05, 0.1) is 0 Å². The number of aromatic nitrogens is 3. The molecule has 3 heterocycles. The fourth-order valence-corrected chi connectivity index (χ4v) is 4.37. The van der Waals surface area contributed by atoms with E-state index in [1.54, 1.807) is 0 Å². The third-order valence-electron chi connectivity index (χ3n) is 5.41. The highest BCUT2D eigenvalue weighted by Crippen LogP contribution is 2.22. The van der Waals surface area contributed by atoms with Crippen molar-refractivity contribution >= 4 is 17.8 Å².